The van der Waals surface area contributed by atoms with Crippen LogP contribution in [0.25, 0.3) is 0 Å². The number of nitrogens with zero attached hydrogens (tertiary/aromatic N) is 2. The fraction of sp³-hybridized carbons (Fsp3) is 0.579. The first kappa shape index (κ1) is 20.0. The summed E-state index contributed by atoms with van der Waals surface area (Å²) in [6.07, 6.45) is 1.96. The Morgan fingerprint density at radius 2 is 1.85 bits per heavy atom. The van der Waals surface area contributed by atoms with E-state index in [1.165, 1.54) is 0 Å². The van der Waals surface area contributed by atoms with Gasteiger partial charge in [0, 0.05) is 57.6 Å². The van der Waals surface area contributed by atoms with Crippen molar-refractivity contribution in [3.8, 4) is 0 Å². The minimum atomic E-state index is -0.231. The minimum Gasteiger partial charge on any atom is -0.450 e. The first-order valence-corrected chi connectivity index (χ1v) is 9.22. The summed E-state index contributed by atoms with van der Waals surface area (Å²) in [4.78, 5) is 27.5. The zero-order chi connectivity index (χ0) is 18.9. The molecule has 0 aromatic heterocycles. The zero-order valence-corrected chi connectivity index (χ0v) is 16.0. The number of benzene rings is 1. The summed E-state index contributed by atoms with van der Waals surface area (Å²) >= 11 is 0. The van der Waals surface area contributed by atoms with E-state index in [9.17, 15) is 9.59 Å². The average Bonchev–Trinajstić information content (AvgIpc) is 2.63. The first-order chi connectivity index (χ1) is 12.5. The van der Waals surface area contributed by atoms with Crippen LogP contribution in [0.1, 0.15) is 26.2 Å². The van der Waals surface area contributed by atoms with Crippen molar-refractivity contribution >= 4 is 23.4 Å². The van der Waals surface area contributed by atoms with Gasteiger partial charge in [0.05, 0.1) is 6.61 Å². The van der Waals surface area contributed by atoms with E-state index in [1.54, 1.807) is 4.90 Å². The molecule has 1 aromatic rings. The Bertz CT molecular complexity index is 581. The molecule has 1 fully saturated rings. The van der Waals surface area contributed by atoms with Crippen LogP contribution in [0.15, 0.2) is 24.3 Å². The highest BCUT2D eigenvalue weighted by atomic mass is 16.6. The van der Waals surface area contributed by atoms with Crippen LogP contribution in [0.4, 0.5) is 16.2 Å². The van der Waals surface area contributed by atoms with E-state index in [0.29, 0.717) is 38.7 Å². The number of carbonyl (C=O) groups excluding carboxylic acids is 2. The van der Waals surface area contributed by atoms with Gasteiger partial charge in [0.1, 0.15) is 0 Å². The number of carbonyl (C=O) groups is 2. The molecule has 2 amide bonds. The highest BCUT2D eigenvalue weighted by molar-refractivity contribution is 5.91. The number of amides is 2. The third-order valence-electron chi connectivity index (χ3n) is 4.47. The molecule has 0 unspecified atom stereocenters. The first-order valence-electron chi connectivity index (χ1n) is 9.22. The lowest BCUT2D eigenvalue weighted by molar-refractivity contribution is -0.116. The van der Waals surface area contributed by atoms with Crippen LogP contribution in [-0.2, 0) is 9.53 Å². The monoisotopic (exact) mass is 362 g/mol. The summed E-state index contributed by atoms with van der Waals surface area (Å²) < 4.78 is 5.02. The predicted molar refractivity (Wildman–Crippen MR) is 104 cm³/mol. The van der Waals surface area contributed by atoms with Crippen LogP contribution in [0, 0.1) is 0 Å². The summed E-state index contributed by atoms with van der Waals surface area (Å²) in [7, 11) is 3.97. The molecule has 1 heterocycles. The molecule has 0 radical (unpaired) electrons. The smallest absolute Gasteiger partial charge is 0.409 e. The number of hydrogen-bond donors (Lipinski definition) is 2. The van der Waals surface area contributed by atoms with E-state index in [4.69, 9.17) is 4.74 Å². The molecule has 0 atom stereocenters. The van der Waals surface area contributed by atoms with Crippen molar-refractivity contribution in [1.29, 1.82) is 0 Å². The molecule has 7 heteroatoms. The summed E-state index contributed by atoms with van der Waals surface area (Å²) in [5.74, 6) is -0.000868. The topological polar surface area (TPSA) is 73.9 Å². The van der Waals surface area contributed by atoms with Crippen molar-refractivity contribution in [2.45, 2.75) is 32.2 Å². The lowest BCUT2D eigenvalue weighted by Crippen LogP contribution is -2.45. The van der Waals surface area contributed by atoms with Crippen LogP contribution in [-0.4, -0.2) is 63.3 Å². The molecule has 0 aliphatic carbocycles. The maximum Gasteiger partial charge on any atom is 0.409 e. The van der Waals surface area contributed by atoms with Gasteiger partial charge in [-0.05, 0) is 44.0 Å². The molecule has 0 bridgehead atoms. The van der Waals surface area contributed by atoms with E-state index in [2.05, 4.69) is 10.6 Å². The highest BCUT2D eigenvalue weighted by Gasteiger charge is 2.23. The molecule has 144 valence electrons. The quantitative estimate of drug-likeness (QED) is 0.779. The van der Waals surface area contributed by atoms with Crippen molar-refractivity contribution in [2.75, 3.05) is 50.6 Å². The fourth-order valence-corrected chi connectivity index (χ4v) is 2.94. The Hall–Kier alpha value is -2.28. The van der Waals surface area contributed by atoms with Gasteiger partial charge in [-0.3, -0.25) is 4.79 Å². The van der Waals surface area contributed by atoms with E-state index in [0.717, 1.165) is 24.2 Å². The van der Waals surface area contributed by atoms with Crippen LogP contribution in [0.5, 0.6) is 0 Å². The Morgan fingerprint density at radius 1 is 1.19 bits per heavy atom. The summed E-state index contributed by atoms with van der Waals surface area (Å²) in [6, 6.07) is 8.11. The van der Waals surface area contributed by atoms with Gasteiger partial charge in [0.25, 0.3) is 0 Å². The second-order valence-electron chi connectivity index (χ2n) is 6.65. The van der Waals surface area contributed by atoms with Gasteiger partial charge in [0.2, 0.25) is 5.91 Å². The maximum absolute atomic E-state index is 12.1. The van der Waals surface area contributed by atoms with Crippen molar-refractivity contribution in [2.24, 2.45) is 0 Å². The normalized spacial score (nSPS) is 14.8. The molecule has 1 aliphatic heterocycles. The van der Waals surface area contributed by atoms with Crippen molar-refractivity contribution < 1.29 is 14.3 Å². The number of hydrogen-bond acceptors (Lipinski definition) is 5. The van der Waals surface area contributed by atoms with Crippen LogP contribution < -0.4 is 15.5 Å². The third kappa shape index (κ3) is 6.22. The van der Waals surface area contributed by atoms with Crippen LogP contribution in [0.2, 0.25) is 0 Å². The third-order valence-corrected chi connectivity index (χ3v) is 4.47. The van der Waals surface area contributed by atoms with Gasteiger partial charge in [0.15, 0.2) is 0 Å². The van der Waals surface area contributed by atoms with Gasteiger partial charge in [-0.1, -0.05) is 0 Å². The molecule has 0 saturated carbocycles. The molecular formula is C19H30N4O3. The maximum atomic E-state index is 12.1. The Labute approximate surface area is 155 Å². The van der Waals surface area contributed by atoms with Crippen LogP contribution >= 0.6 is 0 Å². The number of ether oxygens (including phenoxy) is 1. The van der Waals surface area contributed by atoms with E-state index >= 15 is 0 Å². The molecule has 2 N–H and O–H groups in total. The fourth-order valence-electron chi connectivity index (χ4n) is 2.94. The number of anilines is 2. The average molecular weight is 362 g/mol. The Kier molecular flexibility index (Phi) is 7.72. The summed E-state index contributed by atoms with van der Waals surface area (Å²) in [5.41, 5.74) is 1.90. The predicted octanol–water partition coefficient (Wildman–Crippen LogP) is 2.29. The number of rotatable bonds is 7. The number of likely N-dealkylation sites (tertiary alicyclic amines) is 1. The molecule has 7 nitrogen and oxygen atoms in total. The second kappa shape index (κ2) is 10.0. The lowest BCUT2D eigenvalue weighted by atomic mass is 10.1. The highest BCUT2D eigenvalue weighted by Crippen LogP contribution is 2.16. The van der Waals surface area contributed by atoms with E-state index in [1.807, 2.05) is 50.2 Å². The molecular weight excluding hydrogens is 332 g/mol. The molecule has 2 rings (SSSR count). The van der Waals surface area contributed by atoms with Crippen LogP contribution in [0.3, 0.4) is 0 Å². The van der Waals surface area contributed by atoms with E-state index < -0.39 is 0 Å². The zero-order valence-electron chi connectivity index (χ0n) is 16.0. The second-order valence-corrected chi connectivity index (χ2v) is 6.65. The van der Waals surface area contributed by atoms with Crippen molar-refractivity contribution in [3.05, 3.63) is 24.3 Å². The summed E-state index contributed by atoms with van der Waals surface area (Å²) in [5, 5.41) is 6.32. The minimum absolute atomic E-state index is 0.000868. The van der Waals surface area contributed by atoms with Gasteiger partial charge in [-0.25, -0.2) is 4.79 Å². The molecule has 1 saturated heterocycles. The standard InChI is InChI=1S/C19H30N4O3/c1-4-26-19(25)23-13-10-15(11-14-23)20-12-9-18(24)21-16-5-7-17(8-6-16)22(2)3/h5-8,15,20H,4,9-14H2,1-3H3,(H,21,24). The summed E-state index contributed by atoms with van der Waals surface area (Å²) in [6.45, 7) is 4.24. The lowest BCUT2D eigenvalue weighted by Gasteiger charge is -2.31. The van der Waals surface area contributed by atoms with Crippen molar-refractivity contribution in [1.82, 2.24) is 10.2 Å². The van der Waals surface area contributed by atoms with Crippen molar-refractivity contribution in [3.63, 3.8) is 0 Å². The molecule has 1 aromatic carbocycles. The van der Waals surface area contributed by atoms with Gasteiger partial charge < -0.3 is 25.2 Å². The number of nitrogens with one attached hydrogen (secondary N) is 2. The van der Waals surface area contributed by atoms with Gasteiger partial charge in [-0.15, -0.1) is 0 Å². The Balaban J connectivity index is 1.64. The Morgan fingerprint density at radius 3 is 2.42 bits per heavy atom. The SMILES string of the molecule is CCOC(=O)N1CCC(NCCC(=O)Nc2ccc(N(C)C)cc2)CC1. The van der Waals surface area contributed by atoms with Gasteiger partial charge >= 0.3 is 6.09 Å². The molecule has 26 heavy (non-hydrogen) atoms. The van der Waals surface area contributed by atoms with Gasteiger partial charge in [-0.2, -0.15) is 0 Å². The molecule has 0 spiro atoms. The molecule has 1 aliphatic rings. The number of piperidine rings is 1. The largest absolute Gasteiger partial charge is 0.450 e. The van der Waals surface area contributed by atoms with E-state index in [-0.39, 0.29) is 12.0 Å².